The summed E-state index contributed by atoms with van der Waals surface area (Å²) in [7, 11) is 0. The highest BCUT2D eigenvalue weighted by molar-refractivity contribution is 5.93. The molecule has 0 saturated heterocycles. The van der Waals surface area contributed by atoms with Crippen molar-refractivity contribution in [2.24, 2.45) is 0 Å². The minimum absolute atomic E-state index is 0.0312. The molecule has 0 aliphatic rings. The molecule has 2 N–H and O–H groups in total. The van der Waals surface area contributed by atoms with Gasteiger partial charge in [-0.1, -0.05) is 6.07 Å². The van der Waals surface area contributed by atoms with Crippen molar-refractivity contribution in [3.8, 4) is 6.07 Å². The van der Waals surface area contributed by atoms with E-state index in [4.69, 9.17) is 5.26 Å². The minimum Gasteiger partial charge on any atom is -0.376 e. The van der Waals surface area contributed by atoms with Crippen LogP contribution in [0.2, 0.25) is 0 Å². The van der Waals surface area contributed by atoms with Crippen LogP contribution in [0.3, 0.4) is 0 Å². The van der Waals surface area contributed by atoms with Gasteiger partial charge in [0.1, 0.15) is 5.82 Å². The lowest BCUT2D eigenvalue weighted by atomic mass is 10.2. The van der Waals surface area contributed by atoms with Crippen LogP contribution < -0.4 is 10.6 Å². The highest BCUT2D eigenvalue weighted by Gasteiger charge is 2.03. The summed E-state index contributed by atoms with van der Waals surface area (Å²) < 4.78 is 12.9. The fraction of sp³-hybridized carbons (Fsp3) is 0.0667. The number of amides is 1. The number of nitriles is 1. The first-order chi connectivity index (χ1) is 9.67. The molecule has 0 aliphatic heterocycles. The summed E-state index contributed by atoms with van der Waals surface area (Å²) in [6.07, 6.45) is 0. The number of nitrogens with zero attached hydrogens (tertiary/aromatic N) is 1. The van der Waals surface area contributed by atoms with Gasteiger partial charge < -0.3 is 10.6 Å². The largest absolute Gasteiger partial charge is 0.376 e. The number of anilines is 2. The van der Waals surface area contributed by atoms with Crippen LogP contribution in [0.15, 0.2) is 48.5 Å². The average molecular weight is 269 g/mol. The molecule has 5 heteroatoms. The van der Waals surface area contributed by atoms with Crippen LogP contribution in [0, 0.1) is 17.1 Å². The van der Waals surface area contributed by atoms with Gasteiger partial charge in [0.25, 0.3) is 0 Å². The van der Waals surface area contributed by atoms with E-state index in [1.807, 2.05) is 6.07 Å². The third-order valence-electron chi connectivity index (χ3n) is 2.58. The molecule has 20 heavy (non-hydrogen) atoms. The lowest BCUT2D eigenvalue weighted by Gasteiger charge is -2.07. The molecule has 0 radical (unpaired) electrons. The lowest BCUT2D eigenvalue weighted by molar-refractivity contribution is -0.114. The summed E-state index contributed by atoms with van der Waals surface area (Å²) in [5, 5.41) is 14.2. The molecule has 0 aromatic heterocycles. The van der Waals surface area contributed by atoms with E-state index in [0.717, 1.165) is 0 Å². The van der Waals surface area contributed by atoms with E-state index < -0.39 is 0 Å². The number of benzene rings is 2. The van der Waals surface area contributed by atoms with Crippen LogP contribution in [0.1, 0.15) is 5.56 Å². The molecular formula is C15H12FN3O. The Morgan fingerprint density at radius 2 is 1.90 bits per heavy atom. The molecule has 0 atom stereocenters. The third-order valence-corrected chi connectivity index (χ3v) is 2.58. The number of hydrogen-bond acceptors (Lipinski definition) is 3. The SMILES string of the molecule is N#Cc1ccc(NC(=O)CNc2cccc(F)c2)cc1. The summed E-state index contributed by atoms with van der Waals surface area (Å²) in [4.78, 5) is 11.7. The Kier molecular flexibility index (Phi) is 4.30. The molecule has 0 saturated carbocycles. The van der Waals surface area contributed by atoms with Crippen molar-refractivity contribution in [3.05, 3.63) is 59.9 Å². The summed E-state index contributed by atoms with van der Waals surface area (Å²) >= 11 is 0. The molecule has 0 aliphatic carbocycles. The predicted octanol–water partition coefficient (Wildman–Crippen LogP) is 2.75. The van der Waals surface area contributed by atoms with Crippen molar-refractivity contribution in [1.82, 2.24) is 0 Å². The van der Waals surface area contributed by atoms with Gasteiger partial charge in [0.2, 0.25) is 5.91 Å². The Labute approximate surface area is 115 Å². The van der Waals surface area contributed by atoms with Gasteiger partial charge in [-0.15, -0.1) is 0 Å². The number of rotatable bonds is 4. The fourth-order valence-corrected chi connectivity index (χ4v) is 1.61. The van der Waals surface area contributed by atoms with Crippen molar-refractivity contribution < 1.29 is 9.18 Å². The van der Waals surface area contributed by atoms with Gasteiger partial charge in [0, 0.05) is 11.4 Å². The Balaban J connectivity index is 1.87. The van der Waals surface area contributed by atoms with Gasteiger partial charge in [-0.25, -0.2) is 4.39 Å². The van der Waals surface area contributed by atoms with Crippen molar-refractivity contribution in [2.45, 2.75) is 0 Å². The van der Waals surface area contributed by atoms with Crippen LogP contribution in [0.4, 0.5) is 15.8 Å². The van der Waals surface area contributed by atoms with E-state index in [0.29, 0.717) is 16.9 Å². The highest BCUT2D eigenvalue weighted by atomic mass is 19.1. The maximum Gasteiger partial charge on any atom is 0.243 e. The Morgan fingerprint density at radius 3 is 2.55 bits per heavy atom. The second-order valence-corrected chi connectivity index (χ2v) is 4.10. The number of nitrogens with one attached hydrogen (secondary N) is 2. The number of carbonyl (C=O) groups is 1. The molecule has 1 amide bonds. The van der Waals surface area contributed by atoms with E-state index in [-0.39, 0.29) is 18.3 Å². The monoisotopic (exact) mass is 269 g/mol. The molecule has 0 unspecified atom stereocenters. The van der Waals surface area contributed by atoms with Gasteiger partial charge >= 0.3 is 0 Å². The minimum atomic E-state index is -0.359. The number of halogens is 1. The zero-order valence-electron chi connectivity index (χ0n) is 10.6. The smallest absolute Gasteiger partial charge is 0.243 e. The molecule has 2 aromatic carbocycles. The van der Waals surface area contributed by atoms with Crippen LogP contribution in [-0.4, -0.2) is 12.5 Å². The summed E-state index contributed by atoms with van der Waals surface area (Å²) in [6.45, 7) is 0.0312. The second-order valence-electron chi connectivity index (χ2n) is 4.10. The van der Waals surface area contributed by atoms with Crippen molar-refractivity contribution in [2.75, 3.05) is 17.2 Å². The molecule has 0 heterocycles. The lowest BCUT2D eigenvalue weighted by Crippen LogP contribution is -2.21. The molecule has 0 bridgehead atoms. The summed E-state index contributed by atoms with van der Waals surface area (Å²) in [6, 6.07) is 14.4. The molecule has 4 nitrogen and oxygen atoms in total. The van der Waals surface area contributed by atoms with Crippen LogP contribution in [-0.2, 0) is 4.79 Å². The van der Waals surface area contributed by atoms with Crippen molar-refractivity contribution in [3.63, 3.8) is 0 Å². The zero-order valence-corrected chi connectivity index (χ0v) is 10.6. The average Bonchev–Trinajstić information content (AvgIpc) is 2.46. The topological polar surface area (TPSA) is 64.9 Å². The van der Waals surface area contributed by atoms with E-state index in [1.54, 1.807) is 36.4 Å². The first kappa shape index (κ1) is 13.6. The molecule has 2 rings (SSSR count). The number of hydrogen-bond donors (Lipinski definition) is 2. The first-order valence-electron chi connectivity index (χ1n) is 5.97. The second kappa shape index (κ2) is 6.34. The first-order valence-corrected chi connectivity index (χ1v) is 5.97. The quantitative estimate of drug-likeness (QED) is 0.897. The predicted molar refractivity (Wildman–Crippen MR) is 74.7 cm³/mol. The third kappa shape index (κ3) is 3.82. The highest BCUT2D eigenvalue weighted by Crippen LogP contribution is 2.10. The Morgan fingerprint density at radius 1 is 1.15 bits per heavy atom. The summed E-state index contributed by atoms with van der Waals surface area (Å²) in [5.74, 6) is -0.610. The fourth-order valence-electron chi connectivity index (χ4n) is 1.61. The standard InChI is InChI=1S/C15H12FN3O/c16-12-2-1-3-14(8-12)18-10-15(20)19-13-6-4-11(9-17)5-7-13/h1-8,18H,10H2,(H,19,20). The van der Waals surface area contributed by atoms with Gasteiger partial charge in [0.05, 0.1) is 18.2 Å². The van der Waals surface area contributed by atoms with Crippen LogP contribution in [0.25, 0.3) is 0 Å². The zero-order chi connectivity index (χ0) is 14.4. The van der Waals surface area contributed by atoms with Crippen molar-refractivity contribution in [1.29, 1.82) is 5.26 Å². The van der Waals surface area contributed by atoms with E-state index >= 15 is 0 Å². The number of carbonyl (C=O) groups excluding carboxylic acids is 1. The molecule has 0 fully saturated rings. The molecular weight excluding hydrogens is 257 g/mol. The van der Waals surface area contributed by atoms with Gasteiger partial charge in [-0.3, -0.25) is 4.79 Å². The molecule has 0 spiro atoms. The Bertz CT molecular complexity index is 647. The van der Waals surface area contributed by atoms with Crippen molar-refractivity contribution >= 4 is 17.3 Å². The van der Waals surface area contributed by atoms with E-state index in [1.165, 1.54) is 12.1 Å². The van der Waals surface area contributed by atoms with Gasteiger partial charge in [-0.05, 0) is 42.5 Å². The van der Waals surface area contributed by atoms with Gasteiger partial charge in [0.15, 0.2) is 0 Å². The van der Waals surface area contributed by atoms with E-state index in [2.05, 4.69) is 10.6 Å². The van der Waals surface area contributed by atoms with Gasteiger partial charge in [-0.2, -0.15) is 5.26 Å². The maximum absolute atomic E-state index is 12.9. The van der Waals surface area contributed by atoms with E-state index in [9.17, 15) is 9.18 Å². The van der Waals surface area contributed by atoms with Crippen LogP contribution in [0.5, 0.6) is 0 Å². The maximum atomic E-state index is 12.9. The molecule has 100 valence electrons. The normalized spacial score (nSPS) is 9.60. The Hall–Kier alpha value is -2.87. The van der Waals surface area contributed by atoms with Crippen LogP contribution >= 0.6 is 0 Å². The summed E-state index contributed by atoms with van der Waals surface area (Å²) in [5.41, 5.74) is 1.68. The molecule has 2 aromatic rings.